The van der Waals surface area contributed by atoms with Crippen LogP contribution in [-0.4, -0.2) is 47.6 Å². The quantitative estimate of drug-likeness (QED) is 0.310. The molecule has 1 aromatic rings. The molecule has 0 bridgehead atoms. The van der Waals surface area contributed by atoms with Gasteiger partial charge in [0.1, 0.15) is 0 Å². The number of carbonyl (C=O) groups is 3. The highest BCUT2D eigenvalue weighted by Gasteiger charge is 2.21. The fourth-order valence-corrected chi connectivity index (χ4v) is 3.59. The molecule has 2 N–H and O–H groups in total. The van der Waals surface area contributed by atoms with E-state index in [1.807, 2.05) is 45.2 Å². The predicted molar refractivity (Wildman–Crippen MR) is 98.3 cm³/mol. The minimum absolute atomic E-state index is 0.0258. The van der Waals surface area contributed by atoms with E-state index in [1.165, 1.54) is 11.0 Å². The summed E-state index contributed by atoms with van der Waals surface area (Å²) in [5, 5.41) is 17.9. The molecule has 0 saturated heterocycles. The number of hydrogen-bond donors (Lipinski definition) is 2. The minimum Gasteiger partial charge on any atom is -0.478 e. The third kappa shape index (κ3) is 5.67. The highest BCUT2D eigenvalue weighted by Crippen LogP contribution is 2.27. The average Bonchev–Trinajstić information content (AvgIpc) is 2.33. The van der Waals surface area contributed by atoms with E-state index < -0.39 is 11.9 Å². The van der Waals surface area contributed by atoms with Crippen molar-refractivity contribution in [1.29, 1.82) is 0 Å². The number of aromatic carboxylic acids is 2. The summed E-state index contributed by atoms with van der Waals surface area (Å²) in [6.07, 6.45) is 0.750. The number of hydrogen-bond acceptors (Lipinski definition) is 3. The monoisotopic (exact) mass is 617 g/mol. The van der Waals surface area contributed by atoms with Crippen molar-refractivity contribution in [2.45, 2.75) is 0 Å². The van der Waals surface area contributed by atoms with Crippen molar-refractivity contribution in [3.8, 4) is 0 Å². The van der Waals surface area contributed by atoms with Crippen LogP contribution in [0.15, 0.2) is 6.07 Å². The third-order valence-electron chi connectivity index (χ3n) is 1.81. The lowest BCUT2D eigenvalue weighted by molar-refractivity contribution is -0.115. The fraction of sp³-hybridized carbons (Fsp3) is 0.182. The normalized spacial score (nSPS) is 9.25. The van der Waals surface area contributed by atoms with Crippen LogP contribution in [0.25, 0.3) is 0 Å². The molecule has 0 fully saturated rings. The van der Waals surface area contributed by atoms with Crippen LogP contribution >= 0.6 is 67.8 Å². The molecule has 1 aromatic carbocycles. The Kier molecular flexibility index (Phi) is 8.88. The SMILES string of the molecule is CN(C)C=O.O=C(O)c1cc(I)c(I)c(C(=O)O)c1I. The van der Waals surface area contributed by atoms with Gasteiger partial charge in [0.25, 0.3) is 0 Å². The van der Waals surface area contributed by atoms with Crippen LogP contribution in [0.2, 0.25) is 0 Å². The summed E-state index contributed by atoms with van der Waals surface area (Å²) in [5.41, 5.74) is 0.0818. The second kappa shape index (κ2) is 8.96. The van der Waals surface area contributed by atoms with E-state index in [1.54, 1.807) is 36.7 Å². The summed E-state index contributed by atoms with van der Waals surface area (Å²) in [6.45, 7) is 0. The van der Waals surface area contributed by atoms with E-state index in [2.05, 4.69) is 0 Å². The Morgan fingerprint density at radius 1 is 1.10 bits per heavy atom. The Hall–Kier alpha value is -0.180. The number of halogens is 3. The van der Waals surface area contributed by atoms with Crippen LogP contribution in [0.5, 0.6) is 0 Å². The number of carboxylic acids is 2. The van der Waals surface area contributed by atoms with Crippen molar-refractivity contribution < 1.29 is 24.6 Å². The lowest BCUT2D eigenvalue weighted by Crippen LogP contribution is -2.11. The van der Waals surface area contributed by atoms with Gasteiger partial charge in [-0.1, -0.05) is 0 Å². The number of rotatable bonds is 3. The Morgan fingerprint density at radius 2 is 1.55 bits per heavy atom. The molecule has 0 unspecified atom stereocenters. The zero-order valence-electron chi connectivity index (χ0n) is 10.4. The second-order valence-corrected chi connectivity index (χ2v) is 6.91. The Labute approximate surface area is 156 Å². The zero-order chi connectivity index (χ0) is 16.0. The number of carboxylic acid groups (broad SMARTS) is 2. The maximum absolute atomic E-state index is 11.0. The molecule has 0 aliphatic carbocycles. The first-order chi connectivity index (χ1) is 9.13. The molecule has 20 heavy (non-hydrogen) atoms. The molecule has 0 spiro atoms. The fourth-order valence-electron chi connectivity index (χ4n) is 0.947. The maximum Gasteiger partial charge on any atom is 0.337 e. The van der Waals surface area contributed by atoms with E-state index in [0.717, 1.165) is 6.41 Å². The van der Waals surface area contributed by atoms with E-state index in [0.29, 0.717) is 7.14 Å². The first-order valence-corrected chi connectivity index (χ1v) is 8.12. The van der Waals surface area contributed by atoms with Gasteiger partial charge in [-0.25, -0.2) is 9.59 Å². The van der Waals surface area contributed by atoms with Crippen molar-refractivity contribution >= 4 is 86.1 Å². The lowest BCUT2D eigenvalue weighted by atomic mass is 10.1. The molecule has 0 aliphatic rings. The third-order valence-corrected chi connectivity index (χ3v) is 5.94. The molecule has 0 saturated carbocycles. The molecule has 0 radical (unpaired) electrons. The maximum atomic E-state index is 11.0. The predicted octanol–water partition coefficient (Wildman–Crippen LogP) is 2.60. The smallest absolute Gasteiger partial charge is 0.337 e. The van der Waals surface area contributed by atoms with Crippen LogP contribution in [0.4, 0.5) is 0 Å². The Bertz CT molecular complexity index is 545. The van der Waals surface area contributed by atoms with Crippen LogP contribution < -0.4 is 0 Å². The van der Waals surface area contributed by atoms with Crippen molar-refractivity contribution in [2.75, 3.05) is 14.1 Å². The summed E-state index contributed by atoms with van der Waals surface area (Å²) < 4.78 is 1.45. The first kappa shape index (κ1) is 19.8. The van der Waals surface area contributed by atoms with Gasteiger partial charge in [-0.15, -0.1) is 0 Å². The number of benzene rings is 1. The van der Waals surface area contributed by atoms with Gasteiger partial charge in [0.2, 0.25) is 6.41 Å². The van der Waals surface area contributed by atoms with Crippen molar-refractivity contribution in [3.05, 3.63) is 27.9 Å². The number of amides is 1. The zero-order valence-corrected chi connectivity index (χ0v) is 16.8. The van der Waals surface area contributed by atoms with Crippen LogP contribution in [0.3, 0.4) is 0 Å². The highest BCUT2D eigenvalue weighted by molar-refractivity contribution is 14.1. The molecule has 0 heterocycles. The van der Waals surface area contributed by atoms with E-state index >= 15 is 0 Å². The summed E-state index contributed by atoms with van der Waals surface area (Å²) in [4.78, 5) is 32.7. The van der Waals surface area contributed by atoms with Gasteiger partial charge in [-0.2, -0.15) is 0 Å². The molecule has 0 aliphatic heterocycles. The van der Waals surface area contributed by atoms with Gasteiger partial charge in [-0.05, 0) is 73.8 Å². The van der Waals surface area contributed by atoms with Crippen LogP contribution in [0, 0.1) is 10.7 Å². The molecule has 1 rings (SSSR count). The Morgan fingerprint density at radius 3 is 1.85 bits per heavy atom. The number of carbonyl (C=O) groups excluding carboxylic acids is 1. The summed E-state index contributed by atoms with van der Waals surface area (Å²) in [7, 11) is 3.38. The largest absolute Gasteiger partial charge is 0.478 e. The van der Waals surface area contributed by atoms with Gasteiger partial charge in [0, 0.05) is 24.8 Å². The van der Waals surface area contributed by atoms with E-state index in [4.69, 9.17) is 10.2 Å². The molecule has 0 atom stereocenters. The summed E-state index contributed by atoms with van der Waals surface area (Å²) >= 11 is 5.57. The molecule has 110 valence electrons. The van der Waals surface area contributed by atoms with E-state index in [9.17, 15) is 14.4 Å². The minimum atomic E-state index is -1.11. The van der Waals surface area contributed by atoms with Crippen LogP contribution in [-0.2, 0) is 4.79 Å². The van der Waals surface area contributed by atoms with Gasteiger partial charge < -0.3 is 15.1 Å². The van der Waals surface area contributed by atoms with Gasteiger partial charge in [0.05, 0.1) is 11.1 Å². The molecular formula is C11H10I3NO5. The average molecular weight is 617 g/mol. The van der Waals surface area contributed by atoms with Gasteiger partial charge in [0.15, 0.2) is 0 Å². The summed E-state index contributed by atoms with van der Waals surface area (Å²) in [6, 6.07) is 1.47. The van der Waals surface area contributed by atoms with Gasteiger partial charge in [-0.3, -0.25) is 4.79 Å². The van der Waals surface area contributed by atoms with Gasteiger partial charge >= 0.3 is 11.9 Å². The first-order valence-electron chi connectivity index (χ1n) is 4.89. The molecular weight excluding hydrogens is 607 g/mol. The molecule has 9 heteroatoms. The molecule has 1 amide bonds. The number of nitrogens with zero attached hydrogens (tertiary/aromatic N) is 1. The van der Waals surface area contributed by atoms with Crippen LogP contribution in [0.1, 0.15) is 20.7 Å². The van der Waals surface area contributed by atoms with Crippen molar-refractivity contribution in [3.63, 3.8) is 0 Å². The Balaban J connectivity index is 0.000000621. The summed E-state index contributed by atoms with van der Waals surface area (Å²) in [5.74, 6) is -2.22. The topological polar surface area (TPSA) is 94.9 Å². The van der Waals surface area contributed by atoms with Crippen molar-refractivity contribution in [1.82, 2.24) is 4.90 Å². The second-order valence-electron chi connectivity index (χ2n) is 3.59. The van der Waals surface area contributed by atoms with E-state index in [-0.39, 0.29) is 14.7 Å². The standard InChI is InChI=1S/C8H3I3O4.C3H7NO/c9-3-1-2(7(12)13)5(10)4(6(3)11)8(14)15;1-4(2)3-5/h1H,(H,12,13)(H,14,15);3H,1-2H3. The van der Waals surface area contributed by atoms with Crippen molar-refractivity contribution in [2.24, 2.45) is 0 Å². The molecule has 6 nitrogen and oxygen atoms in total. The lowest BCUT2D eigenvalue weighted by Gasteiger charge is -2.08. The highest BCUT2D eigenvalue weighted by atomic mass is 127. The molecule has 0 aromatic heterocycles.